The van der Waals surface area contributed by atoms with E-state index in [4.69, 9.17) is 0 Å². The third-order valence-electron chi connectivity index (χ3n) is 3.40. The van der Waals surface area contributed by atoms with Crippen LogP contribution in [-0.2, 0) is 9.84 Å². The van der Waals surface area contributed by atoms with Crippen molar-refractivity contribution in [1.29, 1.82) is 0 Å². The molecule has 1 aliphatic heterocycles. The van der Waals surface area contributed by atoms with Crippen molar-refractivity contribution < 1.29 is 8.42 Å². The summed E-state index contributed by atoms with van der Waals surface area (Å²) in [6, 6.07) is 0.517. The third kappa shape index (κ3) is 4.51. The van der Waals surface area contributed by atoms with Gasteiger partial charge in [-0.05, 0) is 38.1 Å². The van der Waals surface area contributed by atoms with Crippen LogP contribution in [0.25, 0.3) is 0 Å². The van der Waals surface area contributed by atoms with Crippen molar-refractivity contribution >= 4 is 9.84 Å². The second-order valence-electron chi connectivity index (χ2n) is 5.04. The van der Waals surface area contributed by atoms with Gasteiger partial charge in [0.15, 0.2) is 0 Å². The first-order valence-corrected chi connectivity index (χ1v) is 7.66. The van der Waals surface area contributed by atoms with E-state index >= 15 is 0 Å². The van der Waals surface area contributed by atoms with Gasteiger partial charge in [-0.25, -0.2) is 8.42 Å². The molecule has 0 aromatic rings. The van der Waals surface area contributed by atoms with E-state index in [1.54, 1.807) is 0 Å². The molecule has 1 saturated heterocycles. The molecule has 0 bridgehead atoms. The van der Waals surface area contributed by atoms with Crippen LogP contribution in [-0.4, -0.2) is 32.5 Å². The van der Waals surface area contributed by atoms with Crippen molar-refractivity contribution in [3.05, 3.63) is 0 Å². The molecule has 1 atom stereocenters. The minimum atomic E-state index is -2.70. The van der Waals surface area contributed by atoms with Gasteiger partial charge in [-0.15, -0.1) is 0 Å². The predicted octanol–water partition coefficient (Wildman–Crippen LogP) is 1.45. The van der Waals surface area contributed by atoms with E-state index in [1.807, 2.05) is 0 Å². The van der Waals surface area contributed by atoms with Crippen LogP contribution >= 0.6 is 0 Å². The Morgan fingerprint density at radius 3 is 2.20 bits per heavy atom. The van der Waals surface area contributed by atoms with Crippen LogP contribution < -0.4 is 5.32 Å². The number of rotatable bonds is 4. The van der Waals surface area contributed by atoms with Gasteiger partial charge < -0.3 is 5.32 Å². The first kappa shape index (κ1) is 13.0. The van der Waals surface area contributed by atoms with Gasteiger partial charge in [0.1, 0.15) is 9.84 Å². The van der Waals surface area contributed by atoms with Gasteiger partial charge in [0.05, 0.1) is 11.5 Å². The zero-order valence-corrected chi connectivity index (χ0v) is 10.8. The molecule has 1 rings (SSSR count). The molecule has 1 heterocycles. The molecule has 1 unspecified atom stereocenters. The Bertz CT molecular complexity index is 271. The maximum Gasteiger partial charge on any atom is 0.150 e. The molecule has 0 aromatic carbocycles. The molecule has 0 aromatic heterocycles. The van der Waals surface area contributed by atoms with E-state index < -0.39 is 9.84 Å². The lowest BCUT2D eigenvalue weighted by Gasteiger charge is -2.25. The van der Waals surface area contributed by atoms with Crippen LogP contribution in [0.5, 0.6) is 0 Å². The number of hydrogen-bond donors (Lipinski definition) is 1. The highest BCUT2D eigenvalue weighted by Crippen LogP contribution is 2.18. The van der Waals surface area contributed by atoms with E-state index in [0.29, 0.717) is 29.4 Å². The van der Waals surface area contributed by atoms with E-state index in [1.165, 1.54) is 0 Å². The largest absolute Gasteiger partial charge is 0.314 e. The highest BCUT2D eigenvalue weighted by atomic mass is 32.2. The summed E-state index contributed by atoms with van der Waals surface area (Å²) in [5.74, 6) is 1.96. The summed E-state index contributed by atoms with van der Waals surface area (Å²) in [4.78, 5) is 0. The first-order valence-electron chi connectivity index (χ1n) is 5.84. The summed E-state index contributed by atoms with van der Waals surface area (Å²) in [5.41, 5.74) is 0. The molecule has 0 aliphatic carbocycles. The molecule has 15 heavy (non-hydrogen) atoms. The van der Waals surface area contributed by atoms with Gasteiger partial charge in [-0.3, -0.25) is 0 Å². The number of sulfone groups is 1. The molecule has 90 valence electrons. The van der Waals surface area contributed by atoms with Crippen LogP contribution in [0.15, 0.2) is 0 Å². The van der Waals surface area contributed by atoms with E-state index in [0.717, 1.165) is 19.4 Å². The highest BCUT2D eigenvalue weighted by Gasteiger charge is 2.23. The molecule has 0 saturated carbocycles. The van der Waals surface area contributed by atoms with E-state index in [9.17, 15) is 8.42 Å². The van der Waals surface area contributed by atoms with Crippen molar-refractivity contribution in [1.82, 2.24) is 5.32 Å². The summed E-state index contributed by atoms with van der Waals surface area (Å²) in [6.07, 6.45) is 1.67. The Morgan fingerprint density at radius 2 is 1.73 bits per heavy atom. The van der Waals surface area contributed by atoms with Gasteiger partial charge in [0.2, 0.25) is 0 Å². The minimum absolute atomic E-state index is 0.384. The molecular weight excluding hydrogens is 210 g/mol. The minimum Gasteiger partial charge on any atom is -0.314 e. The second-order valence-corrected chi connectivity index (χ2v) is 7.34. The Morgan fingerprint density at radius 1 is 1.20 bits per heavy atom. The molecule has 1 N–H and O–H groups in total. The van der Waals surface area contributed by atoms with Crippen LogP contribution in [0.4, 0.5) is 0 Å². The van der Waals surface area contributed by atoms with Crippen molar-refractivity contribution in [2.45, 2.75) is 39.7 Å². The monoisotopic (exact) mass is 233 g/mol. The Balaban J connectivity index is 2.25. The summed E-state index contributed by atoms with van der Waals surface area (Å²) < 4.78 is 22.4. The van der Waals surface area contributed by atoms with Gasteiger partial charge in [0, 0.05) is 6.04 Å². The van der Waals surface area contributed by atoms with Gasteiger partial charge in [-0.2, -0.15) is 0 Å². The molecule has 0 spiro atoms. The third-order valence-corrected chi connectivity index (χ3v) is 5.12. The van der Waals surface area contributed by atoms with Crippen LogP contribution in [0, 0.1) is 11.8 Å². The smallest absolute Gasteiger partial charge is 0.150 e. The fourth-order valence-electron chi connectivity index (χ4n) is 1.73. The molecule has 0 radical (unpaired) electrons. The first-order chi connectivity index (χ1) is 6.91. The highest BCUT2D eigenvalue weighted by molar-refractivity contribution is 7.91. The molecular formula is C11H23NO2S. The zero-order chi connectivity index (χ0) is 11.5. The zero-order valence-electron chi connectivity index (χ0n) is 9.99. The van der Waals surface area contributed by atoms with Crippen LogP contribution in [0.1, 0.15) is 33.6 Å². The normalized spacial score (nSPS) is 24.3. The fourth-order valence-corrected chi connectivity index (χ4v) is 3.32. The Hall–Kier alpha value is -0.0900. The summed E-state index contributed by atoms with van der Waals surface area (Å²) in [6.45, 7) is 7.55. The fraction of sp³-hybridized carbons (Fsp3) is 1.00. The molecule has 4 heteroatoms. The quantitative estimate of drug-likeness (QED) is 0.799. The van der Waals surface area contributed by atoms with Crippen molar-refractivity contribution in [3.8, 4) is 0 Å². The number of hydrogen-bond acceptors (Lipinski definition) is 3. The summed E-state index contributed by atoms with van der Waals surface area (Å²) >= 11 is 0. The standard InChI is InChI=1S/C11H23NO2S/c1-9(2)10(3)12-8-11-4-6-15(13,14)7-5-11/h9-12H,4-8H2,1-3H3. The summed E-state index contributed by atoms with van der Waals surface area (Å²) in [5, 5.41) is 3.48. The lowest BCUT2D eigenvalue weighted by atomic mass is 10.0. The second kappa shape index (κ2) is 5.30. The SMILES string of the molecule is CC(C)C(C)NCC1CCS(=O)(=O)CC1. The average molecular weight is 233 g/mol. The van der Waals surface area contributed by atoms with Crippen LogP contribution in [0.2, 0.25) is 0 Å². The van der Waals surface area contributed by atoms with Crippen molar-refractivity contribution in [3.63, 3.8) is 0 Å². The van der Waals surface area contributed by atoms with Gasteiger partial charge in [-0.1, -0.05) is 13.8 Å². The average Bonchev–Trinajstić information content (AvgIpc) is 2.15. The summed E-state index contributed by atoms with van der Waals surface area (Å²) in [7, 11) is -2.70. The predicted molar refractivity (Wildman–Crippen MR) is 63.7 cm³/mol. The lowest BCUT2D eigenvalue weighted by Crippen LogP contribution is -2.37. The molecule has 1 aliphatic rings. The number of nitrogens with one attached hydrogen (secondary N) is 1. The maximum atomic E-state index is 11.2. The topological polar surface area (TPSA) is 46.2 Å². The molecule has 1 fully saturated rings. The lowest BCUT2D eigenvalue weighted by molar-refractivity contribution is 0.364. The molecule has 3 nitrogen and oxygen atoms in total. The van der Waals surface area contributed by atoms with Crippen molar-refractivity contribution in [2.75, 3.05) is 18.1 Å². The van der Waals surface area contributed by atoms with Crippen LogP contribution in [0.3, 0.4) is 0 Å². The van der Waals surface area contributed by atoms with Crippen molar-refractivity contribution in [2.24, 2.45) is 11.8 Å². The van der Waals surface area contributed by atoms with Gasteiger partial charge in [0.25, 0.3) is 0 Å². The molecule has 0 amide bonds. The Labute approximate surface area is 93.6 Å². The Kier molecular flexibility index (Phi) is 4.59. The van der Waals surface area contributed by atoms with Gasteiger partial charge >= 0.3 is 0 Å². The maximum absolute atomic E-state index is 11.2. The van der Waals surface area contributed by atoms with E-state index in [2.05, 4.69) is 26.1 Å². The van der Waals surface area contributed by atoms with E-state index in [-0.39, 0.29) is 0 Å².